The summed E-state index contributed by atoms with van der Waals surface area (Å²) in [6.07, 6.45) is 0. The number of aliphatic carboxylic acids is 1. The zero-order valence-electron chi connectivity index (χ0n) is 4.07. The smallest absolute Gasteiger partial charge is 0.321 e. The van der Waals surface area contributed by atoms with E-state index >= 15 is 0 Å². The lowest BCUT2D eigenvalue weighted by atomic mass is 10.4. The van der Waals surface area contributed by atoms with Gasteiger partial charge in [-0.3, -0.25) is 4.79 Å². The van der Waals surface area contributed by atoms with Crippen LogP contribution in [0.4, 0.5) is 0 Å². The SMILES string of the molecule is NC(CSS)C(=O)O. The molecule has 8 heavy (non-hydrogen) atoms. The molecule has 0 aromatic heterocycles. The fourth-order valence-electron chi connectivity index (χ4n) is 0.152. The minimum Gasteiger partial charge on any atom is -0.480 e. The third-order valence-corrected chi connectivity index (χ3v) is 1.53. The van der Waals surface area contributed by atoms with E-state index in [1.165, 1.54) is 0 Å². The lowest BCUT2D eigenvalue weighted by Crippen LogP contribution is -2.31. The maximum atomic E-state index is 9.92. The Morgan fingerprint density at radius 2 is 2.50 bits per heavy atom. The van der Waals surface area contributed by atoms with E-state index < -0.39 is 12.0 Å². The highest BCUT2D eigenvalue weighted by atomic mass is 33.1. The summed E-state index contributed by atoms with van der Waals surface area (Å²) in [5.74, 6) is -0.634. The van der Waals surface area contributed by atoms with Crippen molar-refractivity contribution < 1.29 is 9.90 Å². The number of thiol groups is 1. The Morgan fingerprint density at radius 1 is 2.00 bits per heavy atom. The molecule has 0 bridgehead atoms. The molecule has 0 rings (SSSR count). The first-order chi connectivity index (χ1) is 3.68. The van der Waals surface area contributed by atoms with Gasteiger partial charge in [0, 0.05) is 5.75 Å². The molecule has 0 aromatic rings. The second-order valence-electron chi connectivity index (χ2n) is 1.24. The van der Waals surface area contributed by atoms with Crippen LogP contribution in [0, 0.1) is 0 Å². The van der Waals surface area contributed by atoms with E-state index in [0.29, 0.717) is 5.75 Å². The Balaban J connectivity index is 3.32. The highest BCUT2D eigenvalue weighted by Crippen LogP contribution is 2.04. The Labute approximate surface area is 56.4 Å². The van der Waals surface area contributed by atoms with Crippen molar-refractivity contribution in [2.75, 3.05) is 5.75 Å². The van der Waals surface area contributed by atoms with Gasteiger partial charge in [-0.2, -0.15) is 0 Å². The number of nitrogens with two attached hydrogens (primary N) is 1. The lowest BCUT2D eigenvalue weighted by Gasteiger charge is -1.99. The minimum atomic E-state index is -0.980. The molecule has 1 atom stereocenters. The topological polar surface area (TPSA) is 63.3 Å². The number of rotatable bonds is 3. The first-order valence-electron chi connectivity index (χ1n) is 1.93. The molecule has 0 aliphatic carbocycles. The predicted molar refractivity (Wildman–Crippen MR) is 37.1 cm³/mol. The van der Waals surface area contributed by atoms with Crippen molar-refractivity contribution in [2.45, 2.75) is 6.04 Å². The number of carboxylic acids is 1. The van der Waals surface area contributed by atoms with E-state index in [1.54, 1.807) is 0 Å². The molecule has 1 unspecified atom stereocenters. The largest absolute Gasteiger partial charge is 0.480 e. The monoisotopic (exact) mass is 153 g/mol. The normalized spacial score (nSPS) is 13.2. The molecule has 0 aromatic carbocycles. The van der Waals surface area contributed by atoms with Crippen LogP contribution in [-0.2, 0) is 4.79 Å². The van der Waals surface area contributed by atoms with Gasteiger partial charge in [0.15, 0.2) is 0 Å². The quantitative estimate of drug-likeness (QED) is 0.394. The molecule has 0 aliphatic heterocycles. The molecule has 5 heteroatoms. The van der Waals surface area contributed by atoms with Gasteiger partial charge in [0.1, 0.15) is 6.04 Å². The van der Waals surface area contributed by atoms with Gasteiger partial charge < -0.3 is 10.8 Å². The van der Waals surface area contributed by atoms with Crippen molar-refractivity contribution in [3.8, 4) is 0 Å². The molecular weight excluding hydrogens is 146 g/mol. The van der Waals surface area contributed by atoms with Crippen molar-refractivity contribution in [3.05, 3.63) is 0 Å². The van der Waals surface area contributed by atoms with Crippen LogP contribution in [-0.4, -0.2) is 22.9 Å². The average molecular weight is 153 g/mol. The van der Waals surface area contributed by atoms with E-state index in [1.807, 2.05) is 0 Å². The molecule has 0 saturated carbocycles. The molecule has 0 amide bonds. The summed E-state index contributed by atoms with van der Waals surface area (Å²) in [4.78, 5) is 9.92. The van der Waals surface area contributed by atoms with E-state index in [4.69, 9.17) is 10.8 Å². The molecule has 3 nitrogen and oxygen atoms in total. The summed E-state index contributed by atoms with van der Waals surface area (Å²) < 4.78 is 0. The molecular formula is C3H7NO2S2. The standard InChI is InChI=1S/C3H7NO2S2/c4-2(1-8-7)3(5)6/h2,7H,1,4H2,(H,5,6). The van der Waals surface area contributed by atoms with Gasteiger partial charge in [-0.1, -0.05) is 10.8 Å². The summed E-state index contributed by atoms with van der Waals surface area (Å²) in [7, 11) is 1.13. The average Bonchev–Trinajstić information content (AvgIpc) is 1.67. The molecule has 0 fully saturated rings. The zero-order chi connectivity index (χ0) is 6.57. The van der Waals surface area contributed by atoms with Crippen LogP contribution in [0.5, 0.6) is 0 Å². The molecule has 0 heterocycles. The van der Waals surface area contributed by atoms with Gasteiger partial charge in [0.05, 0.1) is 0 Å². The molecule has 0 radical (unpaired) electrons. The lowest BCUT2D eigenvalue weighted by molar-refractivity contribution is -0.137. The van der Waals surface area contributed by atoms with Crippen molar-refractivity contribution in [1.82, 2.24) is 0 Å². The van der Waals surface area contributed by atoms with Gasteiger partial charge in [-0.05, 0) is 0 Å². The molecule has 0 saturated heterocycles. The first kappa shape index (κ1) is 8.13. The van der Waals surface area contributed by atoms with Gasteiger partial charge in [0.25, 0.3) is 0 Å². The first-order valence-corrected chi connectivity index (χ1v) is 3.97. The second-order valence-corrected chi connectivity index (χ2v) is 2.61. The summed E-state index contributed by atoms with van der Waals surface area (Å²) in [6.45, 7) is 0. The van der Waals surface area contributed by atoms with Crippen LogP contribution < -0.4 is 5.73 Å². The molecule has 0 spiro atoms. The van der Waals surface area contributed by atoms with E-state index in [9.17, 15) is 4.79 Å². The van der Waals surface area contributed by atoms with Crippen molar-refractivity contribution >= 4 is 28.4 Å². The van der Waals surface area contributed by atoms with E-state index in [2.05, 4.69) is 11.7 Å². The van der Waals surface area contributed by atoms with Crippen LogP contribution in [0.3, 0.4) is 0 Å². The zero-order valence-corrected chi connectivity index (χ0v) is 5.78. The van der Waals surface area contributed by atoms with Crippen LogP contribution in [0.15, 0.2) is 0 Å². The van der Waals surface area contributed by atoms with Crippen LogP contribution >= 0.6 is 22.5 Å². The van der Waals surface area contributed by atoms with Crippen molar-refractivity contribution in [2.24, 2.45) is 5.73 Å². The Morgan fingerprint density at radius 3 is 2.62 bits per heavy atom. The van der Waals surface area contributed by atoms with Gasteiger partial charge in [0.2, 0.25) is 0 Å². The van der Waals surface area contributed by atoms with Gasteiger partial charge in [-0.15, -0.1) is 11.7 Å². The molecule has 0 aliphatic rings. The molecule has 3 N–H and O–H groups in total. The highest BCUT2D eigenvalue weighted by Gasteiger charge is 2.08. The number of carboxylic acid groups (broad SMARTS) is 1. The number of hydrogen-bond acceptors (Lipinski definition) is 4. The van der Waals surface area contributed by atoms with Crippen LogP contribution in [0.25, 0.3) is 0 Å². The summed E-state index contributed by atoms with van der Waals surface area (Å²) in [5.41, 5.74) is 5.06. The fourth-order valence-corrected chi connectivity index (χ4v) is 0.937. The Hall–Kier alpha value is 0.130. The Bertz CT molecular complexity index is 87.4. The Kier molecular flexibility index (Phi) is 4.12. The summed E-state index contributed by atoms with van der Waals surface area (Å²) in [5, 5.41) is 8.14. The minimum absolute atomic E-state index is 0.346. The fraction of sp³-hybridized carbons (Fsp3) is 0.667. The van der Waals surface area contributed by atoms with E-state index in [0.717, 1.165) is 10.8 Å². The van der Waals surface area contributed by atoms with E-state index in [-0.39, 0.29) is 0 Å². The maximum absolute atomic E-state index is 9.92. The predicted octanol–water partition coefficient (Wildman–Crippen LogP) is -0.0237. The number of carbonyl (C=O) groups is 1. The maximum Gasteiger partial charge on any atom is 0.321 e. The third kappa shape index (κ3) is 3.17. The molecule has 48 valence electrons. The van der Waals surface area contributed by atoms with Crippen LogP contribution in [0.2, 0.25) is 0 Å². The van der Waals surface area contributed by atoms with Crippen molar-refractivity contribution in [3.63, 3.8) is 0 Å². The summed E-state index contributed by atoms with van der Waals surface area (Å²) >= 11 is 3.73. The van der Waals surface area contributed by atoms with Crippen molar-refractivity contribution in [1.29, 1.82) is 0 Å². The van der Waals surface area contributed by atoms with Crippen LogP contribution in [0.1, 0.15) is 0 Å². The summed E-state index contributed by atoms with van der Waals surface area (Å²) in [6, 6.07) is -0.780. The highest BCUT2D eigenvalue weighted by molar-refractivity contribution is 8.68. The number of hydrogen-bond donors (Lipinski definition) is 3. The van der Waals surface area contributed by atoms with Gasteiger partial charge >= 0.3 is 5.97 Å². The van der Waals surface area contributed by atoms with Gasteiger partial charge in [-0.25, -0.2) is 0 Å². The second kappa shape index (κ2) is 4.05. The third-order valence-electron chi connectivity index (χ3n) is 0.571.